The molecule has 3 nitrogen and oxygen atoms in total. The van der Waals surface area contributed by atoms with Crippen LogP contribution in [0.3, 0.4) is 0 Å². The molecule has 0 radical (unpaired) electrons. The van der Waals surface area contributed by atoms with Crippen LogP contribution < -0.4 is 0 Å². The fourth-order valence-electron chi connectivity index (χ4n) is 5.71. The predicted molar refractivity (Wildman–Crippen MR) is 137 cm³/mol. The van der Waals surface area contributed by atoms with Crippen molar-refractivity contribution in [3.63, 3.8) is 0 Å². The summed E-state index contributed by atoms with van der Waals surface area (Å²) in [6.45, 7) is 0. The predicted octanol–water partition coefficient (Wildman–Crippen LogP) is 7.18. The van der Waals surface area contributed by atoms with Crippen molar-refractivity contribution in [3.05, 3.63) is 119 Å². The van der Waals surface area contributed by atoms with Crippen molar-refractivity contribution in [1.82, 2.24) is 9.97 Å². The molecule has 2 aliphatic rings. The Labute approximate surface area is 197 Å². The van der Waals surface area contributed by atoms with Gasteiger partial charge in [0.15, 0.2) is 5.78 Å². The highest BCUT2D eigenvalue weighted by Crippen LogP contribution is 2.50. The number of pyridine rings is 1. The van der Waals surface area contributed by atoms with Crippen molar-refractivity contribution in [1.29, 1.82) is 0 Å². The summed E-state index contributed by atoms with van der Waals surface area (Å²) in [4.78, 5) is 21.6. The van der Waals surface area contributed by atoms with Crippen LogP contribution in [-0.2, 0) is 6.42 Å². The molecular weight excluding hydrogens is 416 g/mol. The molecule has 2 aromatic heterocycles. The summed E-state index contributed by atoms with van der Waals surface area (Å²) in [5.74, 6) is 0.214. The quantitative estimate of drug-likeness (QED) is 0.302. The minimum Gasteiger partial charge on any atom is -0.355 e. The topological polar surface area (TPSA) is 45.8 Å². The summed E-state index contributed by atoms with van der Waals surface area (Å²) in [7, 11) is 0. The monoisotopic (exact) mass is 438 g/mol. The first kappa shape index (κ1) is 19.2. The van der Waals surface area contributed by atoms with Gasteiger partial charge in [0.2, 0.25) is 0 Å². The van der Waals surface area contributed by atoms with Crippen LogP contribution in [-0.4, -0.2) is 15.8 Å². The lowest BCUT2D eigenvalue weighted by Crippen LogP contribution is -2.09. The van der Waals surface area contributed by atoms with Gasteiger partial charge in [-0.1, -0.05) is 72.8 Å². The zero-order valence-electron chi connectivity index (χ0n) is 18.6. The molecule has 3 heteroatoms. The minimum absolute atomic E-state index is 0.0391. The van der Waals surface area contributed by atoms with E-state index in [4.69, 9.17) is 0 Å². The van der Waals surface area contributed by atoms with Crippen LogP contribution in [0.5, 0.6) is 0 Å². The van der Waals surface area contributed by atoms with E-state index < -0.39 is 0 Å². The Kier molecular flexibility index (Phi) is 4.18. The van der Waals surface area contributed by atoms with E-state index in [-0.39, 0.29) is 11.7 Å². The lowest BCUT2D eigenvalue weighted by Gasteiger charge is -2.15. The number of hydrogen-bond acceptors (Lipinski definition) is 2. The minimum atomic E-state index is 0.0391. The van der Waals surface area contributed by atoms with Gasteiger partial charge in [0, 0.05) is 58.2 Å². The average molecular weight is 439 g/mol. The molecule has 7 rings (SSSR count). The first-order valence-electron chi connectivity index (χ1n) is 11.8. The number of nitrogens with zero attached hydrogens (tertiary/aromatic N) is 1. The standard InChI is InChI=1S/C31H22N2O/c34-30(22-15-16-32-28-14-6-10-21(22)28)18-26-20-8-2-3-9-23(20)31-24(26)11-5-12-25(31)29-17-19-7-1-4-13-27(19)33-29/h1-13,15-17,26,33H,14,18H2. The van der Waals surface area contributed by atoms with Gasteiger partial charge in [-0.25, -0.2) is 0 Å². The van der Waals surface area contributed by atoms with Crippen molar-refractivity contribution in [2.45, 2.75) is 18.8 Å². The molecule has 2 heterocycles. The summed E-state index contributed by atoms with van der Waals surface area (Å²) in [6, 6.07) is 27.5. The number of para-hydroxylation sites is 1. The lowest BCUT2D eigenvalue weighted by molar-refractivity contribution is 0.0977. The Hall–Kier alpha value is -4.24. The fourth-order valence-corrected chi connectivity index (χ4v) is 5.71. The number of hydrogen-bond donors (Lipinski definition) is 1. The molecule has 34 heavy (non-hydrogen) atoms. The molecule has 1 atom stereocenters. The first-order valence-corrected chi connectivity index (χ1v) is 11.8. The number of rotatable bonds is 4. The SMILES string of the molecule is O=C(CC1c2ccccc2-c2c(-c3cc4ccccc4[nH]3)cccc21)c1ccnc2c1C=CC2. The molecule has 1 unspecified atom stereocenters. The van der Waals surface area contributed by atoms with Gasteiger partial charge in [0.05, 0.1) is 5.69 Å². The van der Waals surface area contributed by atoms with E-state index in [2.05, 4.69) is 88.8 Å². The van der Waals surface area contributed by atoms with Crippen LogP contribution in [0.25, 0.3) is 39.4 Å². The molecule has 0 saturated heterocycles. The van der Waals surface area contributed by atoms with Crippen molar-refractivity contribution in [2.75, 3.05) is 0 Å². The number of carbonyl (C=O) groups excluding carboxylic acids is 1. The van der Waals surface area contributed by atoms with E-state index in [0.29, 0.717) is 6.42 Å². The normalized spacial score (nSPS) is 15.4. The van der Waals surface area contributed by atoms with Crippen molar-refractivity contribution in [3.8, 4) is 22.4 Å². The second-order valence-corrected chi connectivity index (χ2v) is 9.13. The average Bonchev–Trinajstić information content (AvgIpc) is 3.60. The third-order valence-electron chi connectivity index (χ3n) is 7.26. The largest absolute Gasteiger partial charge is 0.355 e. The van der Waals surface area contributed by atoms with Crippen molar-refractivity contribution in [2.24, 2.45) is 0 Å². The summed E-state index contributed by atoms with van der Waals surface area (Å²) in [5, 5.41) is 1.20. The summed E-state index contributed by atoms with van der Waals surface area (Å²) >= 11 is 0. The molecular formula is C31H22N2O. The van der Waals surface area contributed by atoms with Gasteiger partial charge in [-0.3, -0.25) is 9.78 Å². The summed E-state index contributed by atoms with van der Waals surface area (Å²) < 4.78 is 0. The van der Waals surface area contributed by atoms with E-state index in [1.807, 2.05) is 12.1 Å². The van der Waals surface area contributed by atoms with Crippen molar-refractivity contribution < 1.29 is 4.79 Å². The molecule has 5 aromatic rings. The maximum absolute atomic E-state index is 13.6. The van der Waals surface area contributed by atoms with E-state index in [9.17, 15) is 4.79 Å². The number of ketones is 1. The van der Waals surface area contributed by atoms with Crippen molar-refractivity contribution >= 4 is 22.8 Å². The molecule has 0 aliphatic heterocycles. The van der Waals surface area contributed by atoms with Crippen LogP contribution >= 0.6 is 0 Å². The van der Waals surface area contributed by atoms with Gasteiger partial charge in [-0.2, -0.15) is 0 Å². The molecule has 0 spiro atoms. The number of aromatic amines is 1. The number of H-pyrrole nitrogens is 1. The number of nitrogens with one attached hydrogen (secondary N) is 1. The Morgan fingerprint density at radius 3 is 2.68 bits per heavy atom. The molecule has 0 amide bonds. The van der Waals surface area contributed by atoms with Crippen LogP contribution in [0.1, 0.15) is 45.1 Å². The molecule has 2 aliphatic carbocycles. The highest BCUT2D eigenvalue weighted by atomic mass is 16.1. The third-order valence-corrected chi connectivity index (χ3v) is 7.26. The molecule has 1 N–H and O–H groups in total. The number of carbonyl (C=O) groups is 1. The Balaban J connectivity index is 1.35. The van der Waals surface area contributed by atoms with E-state index in [1.165, 1.54) is 33.2 Å². The van der Waals surface area contributed by atoms with Crippen LogP contribution in [0, 0.1) is 0 Å². The van der Waals surface area contributed by atoms with Gasteiger partial charge in [-0.15, -0.1) is 0 Å². The van der Waals surface area contributed by atoms with Crippen LogP contribution in [0.2, 0.25) is 0 Å². The Morgan fingerprint density at radius 1 is 0.912 bits per heavy atom. The Bertz CT molecular complexity index is 1610. The smallest absolute Gasteiger partial charge is 0.164 e. The number of benzene rings is 3. The van der Waals surface area contributed by atoms with Gasteiger partial charge in [0.25, 0.3) is 0 Å². The van der Waals surface area contributed by atoms with Gasteiger partial charge >= 0.3 is 0 Å². The highest BCUT2D eigenvalue weighted by Gasteiger charge is 2.33. The Morgan fingerprint density at radius 2 is 1.74 bits per heavy atom. The van der Waals surface area contributed by atoms with Gasteiger partial charge in [0.1, 0.15) is 0 Å². The van der Waals surface area contributed by atoms with E-state index >= 15 is 0 Å². The second kappa shape index (κ2) is 7.39. The fraction of sp³-hybridized carbons (Fsp3) is 0.0968. The lowest BCUT2D eigenvalue weighted by atomic mass is 9.88. The van der Waals surface area contributed by atoms with Crippen LogP contribution in [0.4, 0.5) is 0 Å². The summed E-state index contributed by atoms with van der Waals surface area (Å²) in [5.41, 5.74) is 11.1. The first-order chi connectivity index (χ1) is 16.8. The molecule has 162 valence electrons. The zero-order chi connectivity index (χ0) is 22.6. The van der Waals surface area contributed by atoms with E-state index in [0.717, 1.165) is 34.5 Å². The third kappa shape index (κ3) is 2.83. The maximum atomic E-state index is 13.6. The maximum Gasteiger partial charge on any atom is 0.164 e. The molecule has 0 fully saturated rings. The number of allylic oxidation sites excluding steroid dienone is 1. The number of aromatic nitrogens is 2. The number of fused-ring (bicyclic) bond motifs is 5. The van der Waals surface area contributed by atoms with E-state index in [1.54, 1.807) is 6.20 Å². The van der Waals surface area contributed by atoms with Gasteiger partial charge < -0.3 is 4.98 Å². The number of Topliss-reactive ketones (excluding diaryl/α,β-unsaturated/α-hetero) is 1. The molecule has 0 saturated carbocycles. The summed E-state index contributed by atoms with van der Waals surface area (Å²) in [6.07, 6.45) is 7.15. The molecule has 3 aromatic carbocycles. The zero-order valence-corrected chi connectivity index (χ0v) is 18.6. The molecule has 0 bridgehead atoms. The second-order valence-electron chi connectivity index (χ2n) is 9.13. The highest BCUT2D eigenvalue weighted by molar-refractivity contribution is 6.02. The van der Waals surface area contributed by atoms with Crippen LogP contribution in [0.15, 0.2) is 91.1 Å². The van der Waals surface area contributed by atoms with Gasteiger partial charge in [-0.05, 0) is 40.5 Å².